The van der Waals surface area contributed by atoms with Crippen LogP contribution in [0.5, 0.6) is 0 Å². The van der Waals surface area contributed by atoms with Crippen molar-refractivity contribution < 1.29 is 4.74 Å². The number of hydrogen-bond acceptors (Lipinski definition) is 3. The van der Waals surface area contributed by atoms with Gasteiger partial charge in [-0.05, 0) is 44.0 Å². The lowest BCUT2D eigenvalue weighted by molar-refractivity contribution is 0.202. The summed E-state index contributed by atoms with van der Waals surface area (Å²) in [5.74, 6) is 0.880. The van der Waals surface area contributed by atoms with E-state index in [1.807, 2.05) is 61.5 Å². The topological polar surface area (TPSA) is 38.5 Å². The van der Waals surface area contributed by atoms with Gasteiger partial charge in [0.15, 0.2) is 0 Å². The molecule has 0 bridgehead atoms. The van der Waals surface area contributed by atoms with Crippen LogP contribution >= 0.6 is 0 Å². The summed E-state index contributed by atoms with van der Waals surface area (Å²) in [5.41, 5.74) is 7.00. The van der Waals surface area contributed by atoms with E-state index < -0.39 is 5.66 Å². The molecule has 0 saturated heterocycles. The normalized spacial score (nSPS) is 22.3. The van der Waals surface area contributed by atoms with Crippen molar-refractivity contribution in [3.63, 3.8) is 0 Å². The van der Waals surface area contributed by atoms with Crippen molar-refractivity contribution >= 4 is 6.08 Å². The van der Waals surface area contributed by atoms with Crippen molar-refractivity contribution in [1.29, 1.82) is 0 Å². The van der Waals surface area contributed by atoms with Crippen LogP contribution in [0, 0.1) is 0 Å². The van der Waals surface area contributed by atoms with Crippen LogP contribution in [0.2, 0.25) is 0 Å². The standard InChI is InChI=1S/C17H22N2O/c1-19(2)17(18)12-10-16(11-13-17)20-14-6-9-15-7-4-3-5-8-15/h3-12H,13-14,18H2,1-2H3. The van der Waals surface area contributed by atoms with E-state index in [1.165, 1.54) is 5.56 Å². The zero-order chi connectivity index (χ0) is 14.4. The van der Waals surface area contributed by atoms with Crippen molar-refractivity contribution in [2.45, 2.75) is 12.1 Å². The van der Waals surface area contributed by atoms with Crippen LogP contribution in [-0.2, 0) is 4.74 Å². The van der Waals surface area contributed by atoms with Crippen LogP contribution in [0.1, 0.15) is 12.0 Å². The fourth-order valence-corrected chi connectivity index (χ4v) is 1.96. The maximum Gasteiger partial charge on any atom is 0.115 e. The molecule has 1 aliphatic carbocycles. The van der Waals surface area contributed by atoms with Gasteiger partial charge >= 0.3 is 0 Å². The minimum Gasteiger partial charge on any atom is -0.490 e. The van der Waals surface area contributed by atoms with Gasteiger partial charge in [0.1, 0.15) is 12.4 Å². The smallest absolute Gasteiger partial charge is 0.115 e. The monoisotopic (exact) mass is 270 g/mol. The molecule has 0 heterocycles. The molecule has 2 rings (SSSR count). The van der Waals surface area contributed by atoms with E-state index in [2.05, 4.69) is 18.2 Å². The maximum absolute atomic E-state index is 6.22. The molecule has 0 radical (unpaired) electrons. The van der Waals surface area contributed by atoms with Crippen LogP contribution in [0.25, 0.3) is 6.08 Å². The van der Waals surface area contributed by atoms with Crippen LogP contribution < -0.4 is 5.73 Å². The number of allylic oxidation sites excluding steroid dienone is 1. The lowest BCUT2D eigenvalue weighted by atomic mass is 10.0. The Kier molecular flexibility index (Phi) is 4.77. The Labute approximate surface area is 121 Å². The summed E-state index contributed by atoms with van der Waals surface area (Å²) in [4.78, 5) is 2.01. The van der Waals surface area contributed by atoms with Gasteiger partial charge in [-0.25, -0.2) is 0 Å². The maximum atomic E-state index is 6.22. The minimum atomic E-state index is -0.396. The average molecular weight is 270 g/mol. The molecule has 106 valence electrons. The Hall–Kier alpha value is -1.84. The molecule has 1 atom stereocenters. The highest BCUT2D eigenvalue weighted by atomic mass is 16.5. The van der Waals surface area contributed by atoms with Gasteiger partial charge in [-0.15, -0.1) is 0 Å². The van der Waals surface area contributed by atoms with E-state index in [4.69, 9.17) is 10.5 Å². The van der Waals surface area contributed by atoms with Crippen molar-refractivity contribution in [2.75, 3.05) is 20.7 Å². The lowest BCUT2D eigenvalue weighted by Crippen LogP contribution is -2.51. The molecule has 1 aromatic rings. The Balaban J connectivity index is 1.81. The fraction of sp³-hybridized carbons (Fsp3) is 0.294. The number of benzene rings is 1. The summed E-state index contributed by atoms with van der Waals surface area (Å²) in [6, 6.07) is 10.2. The molecule has 0 fully saturated rings. The Bertz CT molecular complexity index is 517. The van der Waals surface area contributed by atoms with E-state index in [-0.39, 0.29) is 0 Å². The summed E-state index contributed by atoms with van der Waals surface area (Å²) < 4.78 is 5.69. The van der Waals surface area contributed by atoms with Gasteiger partial charge in [0.05, 0.1) is 5.66 Å². The summed E-state index contributed by atoms with van der Waals surface area (Å²) in [7, 11) is 3.96. The van der Waals surface area contributed by atoms with Crippen molar-refractivity contribution in [1.82, 2.24) is 4.90 Å². The van der Waals surface area contributed by atoms with Crippen LogP contribution in [0.15, 0.2) is 60.4 Å². The molecular formula is C17H22N2O. The second-order valence-corrected chi connectivity index (χ2v) is 5.15. The molecule has 0 spiro atoms. The minimum absolute atomic E-state index is 0.396. The molecule has 0 saturated carbocycles. The summed E-state index contributed by atoms with van der Waals surface area (Å²) in [6.45, 7) is 0.560. The van der Waals surface area contributed by atoms with Gasteiger partial charge in [-0.3, -0.25) is 4.90 Å². The van der Waals surface area contributed by atoms with Crippen molar-refractivity contribution in [3.8, 4) is 0 Å². The zero-order valence-electron chi connectivity index (χ0n) is 12.1. The van der Waals surface area contributed by atoms with Gasteiger partial charge in [0.25, 0.3) is 0 Å². The van der Waals surface area contributed by atoms with Gasteiger partial charge in [0, 0.05) is 6.42 Å². The average Bonchev–Trinajstić information content (AvgIpc) is 2.46. The molecule has 3 heteroatoms. The highest BCUT2D eigenvalue weighted by Gasteiger charge is 2.25. The number of ether oxygens (including phenoxy) is 1. The first-order chi connectivity index (χ1) is 9.60. The number of nitrogens with two attached hydrogens (primary N) is 1. The third-order valence-corrected chi connectivity index (χ3v) is 3.46. The van der Waals surface area contributed by atoms with E-state index in [0.29, 0.717) is 6.61 Å². The quantitative estimate of drug-likeness (QED) is 0.836. The number of hydrogen-bond donors (Lipinski definition) is 1. The van der Waals surface area contributed by atoms with Crippen LogP contribution in [0.3, 0.4) is 0 Å². The molecule has 3 nitrogen and oxygen atoms in total. The summed E-state index contributed by atoms with van der Waals surface area (Å²) in [5, 5.41) is 0. The number of rotatable bonds is 5. The molecule has 0 aliphatic heterocycles. The molecule has 1 aliphatic rings. The van der Waals surface area contributed by atoms with Crippen LogP contribution in [0.4, 0.5) is 0 Å². The van der Waals surface area contributed by atoms with Crippen molar-refractivity contribution in [3.05, 3.63) is 66.0 Å². The van der Waals surface area contributed by atoms with Gasteiger partial charge in [-0.2, -0.15) is 0 Å². The summed E-state index contributed by atoms with van der Waals surface area (Å²) in [6.07, 6.45) is 10.8. The molecule has 1 unspecified atom stereocenters. The first-order valence-corrected chi connectivity index (χ1v) is 6.80. The largest absolute Gasteiger partial charge is 0.490 e. The predicted octanol–water partition coefficient (Wildman–Crippen LogP) is 2.78. The number of likely N-dealkylation sites (N-methyl/N-ethyl adjacent to an activating group) is 1. The molecule has 0 amide bonds. The third kappa shape index (κ3) is 3.83. The molecule has 0 aromatic heterocycles. The Morgan fingerprint density at radius 1 is 1.30 bits per heavy atom. The van der Waals surface area contributed by atoms with Gasteiger partial charge in [-0.1, -0.05) is 36.4 Å². The van der Waals surface area contributed by atoms with Crippen LogP contribution in [-0.4, -0.2) is 31.3 Å². The summed E-state index contributed by atoms with van der Waals surface area (Å²) >= 11 is 0. The lowest BCUT2D eigenvalue weighted by Gasteiger charge is -2.34. The van der Waals surface area contributed by atoms with Gasteiger partial charge < -0.3 is 10.5 Å². The highest BCUT2D eigenvalue weighted by Crippen LogP contribution is 2.20. The zero-order valence-corrected chi connectivity index (χ0v) is 12.1. The van der Waals surface area contributed by atoms with Gasteiger partial charge in [0.2, 0.25) is 0 Å². The molecule has 2 N–H and O–H groups in total. The second-order valence-electron chi connectivity index (χ2n) is 5.15. The molecule has 1 aromatic carbocycles. The Morgan fingerprint density at radius 3 is 2.65 bits per heavy atom. The molecular weight excluding hydrogens is 248 g/mol. The SMILES string of the molecule is CN(C)C1(N)C=CC(OCC=Cc2ccccc2)=CC1. The molecule has 20 heavy (non-hydrogen) atoms. The second kappa shape index (κ2) is 6.55. The van der Waals surface area contributed by atoms with Crippen molar-refractivity contribution in [2.24, 2.45) is 5.73 Å². The van der Waals surface area contributed by atoms with E-state index >= 15 is 0 Å². The first kappa shape index (κ1) is 14.6. The fourth-order valence-electron chi connectivity index (χ4n) is 1.96. The first-order valence-electron chi connectivity index (χ1n) is 6.80. The van der Waals surface area contributed by atoms with E-state index in [0.717, 1.165) is 12.2 Å². The number of nitrogens with zero attached hydrogens (tertiary/aromatic N) is 1. The Morgan fingerprint density at radius 2 is 2.05 bits per heavy atom. The van der Waals surface area contributed by atoms with E-state index in [9.17, 15) is 0 Å². The van der Waals surface area contributed by atoms with E-state index in [1.54, 1.807) is 0 Å². The predicted molar refractivity (Wildman–Crippen MR) is 83.9 cm³/mol. The third-order valence-electron chi connectivity index (χ3n) is 3.46. The highest BCUT2D eigenvalue weighted by molar-refractivity contribution is 5.48.